The molecule has 0 N–H and O–H groups in total. The van der Waals surface area contributed by atoms with Gasteiger partial charge in [-0.25, -0.2) is 9.78 Å². The van der Waals surface area contributed by atoms with Crippen LogP contribution in [-0.4, -0.2) is 22.5 Å². The average molecular weight is 210 g/mol. The Balaban J connectivity index is 2.71. The van der Waals surface area contributed by atoms with Crippen molar-refractivity contribution in [3.63, 3.8) is 0 Å². The van der Waals surface area contributed by atoms with Gasteiger partial charge in [-0.1, -0.05) is 6.92 Å². The van der Waals surface area contributed by atoms with Crippen LogP contribution in [-0.2, 0) is 4.74 Å². The Morgan fingerprint density at radius 2 is 2.33 bits per heavy atom. The number of esters is 1. The Morgan fingerprint density at radius 3 is 2.80 bits per heavy atom. The predicted octanol–water partition coefficient (Wildman–Crippen LogP) is 1.56. The molecule has 80 valence electrons. The van der Waals surface area contributed by atoms with Crippen LogP contribution in [0.2, 0.25) is 0 Å². The zero-order valence-electron chi connectivity index (χ0n) is 8.17. The number of hydrogen-bond acceptors (Lipinski definition) is 5. The van der Waals surface area contributed by atoms with Gasteiger partial charge < -0.3 is 4.74 Å². The molecule has 1 rings (SSSR count). The van der Waals surface area contributed by atoms with Gasteiger partial charge in [0.25, 0.3) is 5.69 Å². The first-order valence-corrected chi connectivity index (χ1v) is 4.42. The molecule has 0 radical (unpaired) electrons. The van der Waals surface area contributed by atoms with Gasteiger partial charge in [-0.2, -0.15) is 0 Å². The third-order valence-corrected chi connectivity index (χ3v) is 1.61. The lowest BCUT2D eigenvalue weighted by Gasteiger charge is -2.01. The summed E-state index contributed by atoms with van der Waals surface area (Å²) in [6.07, 6.45) is 1.75. The van der Waals surface area contributed by atoms with Gasteiger partial charge in [0.1, 0.15) is 11.9 Å². The van der Waals surface area contributed by atoms with E-state index in [-0.39, 0.29) is 11.4 Å². The molecule has 0 unspecified atom stereocenters. The fourth-order valence-corrected chi connectivity index (χ4v) is 0.884. The summed E-state index contributed by atoms with van der Waals surface area (Å²) in [5.74, 6) is -0.563. The van der Waals surface area contributed by atoms with Crippen molar-refractivity contribution in [3.05, 3.63) is 34.1 Å². The number of nitro groups is 1. The third kappa shape index (κ3) is 3.01. The molecule has 0 saturated carbocycles. The molecule has 1 aromatic heterocycles. The van der Waals surface area contributed by atoms with Crippen LogP contribution in [0.15, 0.2) is 18.3 Å². The molecule has 0 fully saturated rings. The Labute approximate surface area is 86.0 Å². The van der Waals surface area contributed by atoms with Crippen LogP contribution in [0.5, 0.6) is 0 Å². The maximum absolute atomic E-state index is 11.2. The highest BCUT2D eigenvalue weighted by molar-refractivity contribution is 5.87. The molecule has 0 saturated heterocycles. The van der Waals surface area contributed by atoms with Crippen molar-refractivity contribution in [2.75, 3.05) is 6.61 Å². The number of aromatic nitrogens is 1. The van der Waals surface area contributed by atoms with Gasteiger partial charge in [-0.15, -0.1) is 0 Å². The highest BCUT2D eigenvalue weighted by Crippen LogP contribution is 2.09. The molecular weight excluding hydrogens is 200 g/mol. The van der Waals surface area contributed by atoms with Gasteiger partial charge in [0.2, 0.25) is 0 Å². The van der Waals surface area contributed by atoms with E-state index in [0.717, 1.165) is 12.6 Å². The van der Waals surface area contributed by atoms with Crippen LogP contribution in [0.1, 0.15) is 23.8 Å². The number of carbonyl (C=O) groups excluding carboxylic acids is 1. The first-order valence-electron chi connectivity index (χ1n) is 4.42. The molecule has 6 heteroatoms. The number of nitrogens with zero attached hydrogens (tertiary/aromatic N) is 2. The fraction of sp³-hybridized carbons (Fsp3) is 0.333. The minimum absolute atomic E-state index is 0.0778. The van der Waals surface area contributed by atoms with Crippen molar-refractivity contribution in [1.82, 2.24) is 4.98 Å². The Morgan fingerprint density at radius 1 is 1.60 bits per heavy atom. The standard InChI is InChI=1S/C9H10N2O4/c1-2-5-15-9(12)8-4-3-7(6-10-8)11(13)14/h3-4,6H,2,5H2,1H3. The van der Waals surface area contributed by atoms with Gasteiger partial charge in [-0.3, -0.25) is 10.1 Å². The van der Waals surface area contributed by atoms with Crippen molar-refractivity contribution >= 4 is 11.7 Å². The summed E-state index contributed by atoms with van der Waals surface area (Å²) in [7, 11) is 0. The molecule has 0 aliphatic heterocycles. The smallest absolute Gasteiger partial charge is 0.356 e. The second-order valence-corrected chi connectivity index (χ2v) is 2.79. The third-order valence-electron chi connectivity index (χ3n) is 1.61. The van der Waals surface area contributed by atoms with Crippen LogP contribution in [0, 0.1) is 10.1 Å². The lowest BCUT2D eigenvalue weighted by molar-refractivity contribution is -0.385. The van der Waals surface area contributed by atoms with E-state index < -0.39 is 10.9 Å². The highest BCUT2D eigenvalue weighted by atomic mass is 16.6. The molecule has 0 aliphatic rings. The predicted molar refractivity (Wildman–Crippen MR) is 51.5 cm³/mol. The van der Waals surface area contributed by atoms with Crippen molar-refractivity contribution in [1.29, 1.82) is 0 Å². The molecule has 0 spiro atoms. The molecule has 15 heavy (non-hydrogen) atoms. The monoisotopic (exact) mass is 210 g/mol. The molecule has 1 aromatic rings. The van der Waals surface area contributed by atoms with Crippen LogP contribution >= 0.6 is 0 Å². The zero-order valence-corrected chi connectivity index (χ0v) is 8.17. The van der Waals surface area contributed by atoms with Crippen molar-refractivity contribution in [3.8, 4) is 0 Å². The minimum Gasteiger partial charge on any atom is -0.461 e. The van der Waals surface area contributed by atoms with Crippen molar-refractivity contribution in [2.45, 2.75) is 13.3 Å². The highest BCUT2D eigenvalue weighted by Gasteiger charge is 2.11. The van der Waals surface area contributed by atoms with E-state index in [4.69, 9.17) is 4.74 Å². The number of hydrogen-bond donors (Lipinski definition) is 0. The summed E-state index contributed by atoms with van der Waals surface area (Å²) in [5.41, 5.74) is -0.0731. The Kier molecular flexibility index (Phi) is 3.73. The number of rotatable bonds is 4. The van der Waals surface area contributed by atoms with E-state index in [1.807, 2.05) is 6.92 Å². The Hall–Kier alpha value is -1.98. The first kappa shape index (κ1) is 11.1. The fourth-order valence-electron chi connectivity index (χ4n) is 0.884. The molecule has 0 aromatic carbocycles. The van der Waals surface area contributed by atoms with E-state index >= 15 is 0 Å². The normalized spacial score (nSPS) is 9.67. The average Bonchev–Trinajstić information content (AvgIpc) is 2.26. The van der Waals surface area contributed by atoms with Crippen molar-refractivity contribution in [2.24, 2.45) is 0 Å². The second kappa shape index (κ2) is 5.04. The zero-order chi connectivity index (χ0) is 11.3. The maximum atomic E-state index is 11.2. The lowest BCUT2D eigenvalue weighted by Crippen LogP contribution is -2.07. The van der Waals surface area contributed by atoms with E-state index in [1.54, 1.807) is 0 Å². The molecule has 6 nitrogen and oxygen atoms in total. The van der Waals surface area contributed by atoms with Crippen LogP contribution in [0.4, 0.5) is 5.69 Å². The summed E-state index contributed by atoms with van der Waals surface area (Å²) in [5, 5.41) is 10.3. The van der Waals surface area contributed by atoms with Gasteiger partial charge >= 0.3 is 5.97 Å². The molecule has 0 atom stereocenters. The largest absolute Gasteiger partial charge is 0.461 e. The van der Waals surface area contributed by atoms with E-state index in [9.17, 15) is 14.9 Å². The summed E-state index contributed by atoms with van der Waals surface area (Å²) in [6, 6.07) is 2.49. The quantitative estimate of drug-likeness (QED) is 0.427. The van der Waals surface area contributed by atoms with E-state index in [0.29, 0.717) is 6.61 Å². The second-order valence-electron chi connectivity index (χ2n) is 2.79. The van der Waals surface area contributed by atoms with Crippen LogP contribution < -0.4 is 0 Å². The van der Waals surface area contributed by atoms with Gasteiger partial charge in [0.15, 0.2) is 0 Å². The number of carbonyl (C=O) groups is 1. The summed E-state index contributed by atoms with van der Waals surface area (Å²) in [6.45, 7) is 2.19. The first-order chi connectivity index (χ1) is 7.15. The van der Waals surface area contributed by atoms with Crippen molar-refractivity contribution < 1.29 is 14.5 Å². The molecular formula is C9H10N2O4. The van der Waals surface area contributed by atoms with Crippen LogP contribution in [0.25, 0.3) is 0 Å². The van der Waals surface area contributed by atoms with E-state index in [1.165, 1.54) is 12.1 Å². The number of ether oxygens (including phenoxy) is 1. The van der Waals surface area contributed by atoms with Crippen LogP contribution in [0.3, 0.4) is 0 Å². The molecule has 0 bridgehead atoms. The van der Waals surface area contributed by atoms with Gasteiger partial charge in [0, 0.05) is 6.07 Å². The van der Waals surface area contributed by atoms with Gasteiger partial charge in [-0.05, 0) is 12.5 Å². The molecule has 1 heterocycles. The topological polar surface area (TPSA) is 82.3 Å². The SMILES string of the molecule is CCCOC(=O)c1ccc([N+](=O)[O-])cn1. The molecule has 0 aliphatic carbocycles. The maximum Gasteiger partial charge on any atom is 0.356 e. The summed E-state index contributed by atoms with van der Waals surface area (Å²) >= 11 is 0. The number of pyridine rings is 1. The summed E-state index contributed by atoms with van der Waals surface area (Å²) < 4.78 is 4.81. The van der Waals surface area contributed by atoms with Gasteiger partial charge in [0.05, 0.1) is 11.5 Å². The Bertz CT molecular complexity index is 361. The lowest BCUT2D eigenvalue weighted by atomic mass is 10.3. The summed E-state index contributed by atoms with van der Waals surface area (Å²) in [4.78, 5) is 24.6. The molecule has 0 amide bonds. The van der Waals surface area contributed by atoms with E-state index in [2.05, 4.69) is 4.98 Å². The minimum atomic E-state index is -0.575.